The van der Waals surface area contributed by atoms with Crippen molar-refractivity contribution in [2.24, 2.45) is 0 Å². The minimum Gasteiger partial charge on any atom is -0.323 e. The first kappa shape index (κ1) is 25.3. The average Bonchev–Trinajstić information content (AvgIpc) is 3.51. The number of fused-ring (bicyclic) bond motifs is 1. The Bertz CT molecular complexity index is 1870. The number of hydrogen-bond donors (Lipinski definition) is 4. The fraction of sp³-hybridized carbons (Fsp3) is 0.0333. The second kappa shape index (κ2) is 11.0. The Morgan fingerprint density at radius 3 is 2.37 bits per heavy atom. The van der Waals surface area contributed by atoms with Crippen LogP contribution in [0.1, 0.15) is 26.3 Å². The van der Waals surface area contributed by atoms with Crippen LogP contribution in [0.2, 0.25) is 0 Å². The van der Waals surface area contributed by atoms with Gasteiger partial charge in [0, 0.05) is 22.2 Å². The van der Waals surface area contributed by atoms with E-state index in [0.717, 1.165) is 27.7 Å². The Morgan fingerprint density at radius 2 is 1.54 bits per heavy atom. The zero-order chi connectivity index (χ0) is 28.2. The number of anilines is 4. The number of nitrogens with zero attached hydrogens (tertiary/aromatic N) is 5. The molecule has 11 nitrogen and oxygen atoms in total. The summed E-state index contributed by atoms with van der Waals surface area (Å²) >= 11 is 0. The van der Waals surface area contributed by atoms with Gasteiger partial charge in [0.2, 0.25) is 11.9 Å². The maximum Gasteiger partial charge on any atom is 0.258 e. The second-order valence-electron chi connectivity index (χ2n) is 9.14. The number of aromatic nitrogens is 6. The molecule has 0 saturated heterocycles. The van der Waals surface area contributed by atoms with E-state index < -0.39 is 5.91 Å². The van der Waals surface area contributed by atoms with Crippen molar-refractivity contribution >= 4 is 46.0 Å². The summed E-state index contributed by atoms with van der Waals surface area (Å²) in [6.07, 6.45) is 0. The Hall–Kier alpha value is -5.97. The molecular formula is C30H23N9O2. The van der Waals surface area contributed by atoms with Crippen LogP contribution in [0.25, 0.3) is 22.2 Å². The van der Waals surface area contributed by atoms with Crippen LogP contribution in [0, 0.1) is 6.92 Å². The van der Waals surface area contributed by atoms with Crippen molar-refractivity contribution in [3.63, 3.8) is 0 Å². The van der Waals surface area contributed by atoms with Gasteiger partial charge in [-0.2, -0.15) is 0 Å². The SMILES string of the molecule is Cc1ccc(C(=O)Nc2nnn[nH]2)cc1NC(=O)c1ccccc1Nc1nc(-c2ccccc2)c2ccccc2n1. The quantitative estimate of drug-likeness (QED) is 0.211. The molecule has 0 radical (unpaired) electrons. The normalized spacial score (nSPS) is 10.8. The van der Waals surface area contributed by atoms with Crippen molar-refractivity contribution in [2.45, 2.75) is 6.92 Å². The third kappa shape index (κ3) is 5.45. The molecule has 41 heavy (non-hydrogen) atoms. The van der Waals surface area contributed by atoms with E-state index in [-0.39, 0.29) is 11.9 Å². The number of tetrazole rings is 1. The van der Waals surface area contributed by atoms with Gasteiger partial charge in [0.1, 0.15) is 0 Å². The molecule has 6 rings (SSSR count). The number of H-pyrrole nitrogens is 1. The minimum absolute atomic E-state index is 0.118. The molecule has 4 aromatic carbocycles. The molecule has 0 aliphatic rings. The highest BCUT2D eigenvalue weighted by Gasteiger charge is 2.17. The molecule has 2 aromatic heterocycles. The van der Waals surface area contributed by atoms with Gasteiger partial charge in [0.25, 0.3) is 11.8 Å². The van der Waals surface area contributed by atoms with Crippen LogP contribution in [-0.4, -0.2) is 42.4 Å². The Balaban J connectivity index is 1.28. The molecule has 0 bridgehead atoms. The molecule has 0 unspecified atom stereocenters. The van der Waals surface area contributed by atoms with E-state index in [0.29, 0.717) is 28.5 Å². The number of aryl methyl sites for hydroxylation is 1. The summed E-state index contributed by atoms with van der Waals surface area (Å²) in [5, 5.41) is 22.7. The lowest BCUT2D eigenvalue weighted by molar-refractivity contribution is 0.101. The molecule has 0 spiro atoms. The highest BCUT2D eigenvalue weighted by Crippen LogP contribution is 2.29. The third-order valence-corrected chi connectivity index (χ3v) is 6.39. The van der Waals surface area contributed by atoms with E-state index >= 15 is 0 Å². The van der Waals surface area contributed by atoms with Crippen molar-refractivity contribution in [1.82, 2.24) is 30.6 Å². The van der Waals surface area contributed by atoms with Gasteiger partial charge in [0.05, 0.1) is 22.5 Å². The van der Waals surface area contributed by atoms with Gasteiger partial charge in [-0.05, 0) is 53.2 Å². The minimum atomic E-state index is -0.427. The number of carbonyl (C=O) groups excluding carboxylic acids is 2. The first-order valence-corrected chi connectivity index (χ1v) is 12.7. The highest BCUT2D eigenvalue weighted by atomic mass is 16.2. The van der Waals surface area contributed by atoms with Crippen LogP contribution in [0.5, 0.6) is 0 Å². The van der Waals surface area contributed by atoms with Gasteiger partial charge >= 0.3 is 0 Å². The number of amides is 2. The topological polar surface area (TPSA) is 150 Å². The first-order chi connectivity index (χ1) is 20.0. The number of aromatic amines is 1. The fourth-order valence-corrected chi connectivity index (χ4v) is 4.34. The summed E-state index contributed by atoms with van der Waals surface area (Å²) in [4.78, 5) is 35.7. The van der Waals surface area contributed by atoms with E-state index in [4.69, 9.17) is 9.97 Å². The molecular weight excluding hydrogens is 518 g/mol. The van der Waals surface area contributed by atoms with Gasteiger partial charge < -0.3 is 10.6 Å². The number of benzene rings is 4. The van der Waals surface area contributed by atoms with Gasteiger partial charge in [-0.25, -0.2) is 15.1 Å². The molecule has 0 aliphatic heterocycles. The Kier molecular flexibility index (Phi) is 6.81. The van der Waals surface area contributed by atoms with Gasteiger partial charge in [-0.1, -0.05) is 71.8 Å². The molecule has 0 aliphatic carbocycles. The van der Waals surface area contributed by atoms with Crippen LogP contribution in [0.4, 0.5) is 23.3 Å². The van der Waals surface area contributed by atoms with E-state index in [1.54, 1.807) is 36.4 Å². The summed E-state index contributed by atoms with van der Waals surface area (Å²) in [6.45, 7) is 1.84. The molecule has 0 fully saturated rings. The number of para-hydroxylation sites is 2. The zero-order valence-corrected chi connectivity index (χ0v) is 21.8. The lowest BCUT2D eigenvalue weighted by Gasteiger charge is -2.15. The van der Waals surface area contributed by atoms with Crippen LogP contribution in [0.15, 0.2) is 97.1 Å². The van der Waals surface area contributed by atoms with E-state index in [9.17, 15) is 9.59 Å². The van der Waals surface area contributed by atoms with Crippen molar-refractivity contribution in [1.29, 1.82) is 0 Å². The summed E-state index contributed by atoms with van der Waals surface area (Å²) in [6, 6.07) is 29.8. The van der Waals surface area contributed by atoms with Crippen molar-refractivity contribution in [3.8, 4) is 11.3 Å². The maximum absolute atomic E-state index is 13.5. The standard InChI is InChI=1S/C30H23N9O2/c1-18-15-16-20(27(40)35-30-36-38-39-37-30)17-25(18)31-28(41)22-12-6-8-14-24(22)33-29-32-23-13-7-5-11-21(23)26(34-29)19-9-3-2-4-10-19/h2-17H,1H3,(H,31,41)(H,32,33,34)(H2,35,36,37,38,39,40). The molecule has 11 heteroatoms. The maximum atomic E-state index is 13.5. The van der Waals surface area contributed by atoms with Gasteiger partial charge in [0.15, 0.2) is 0 Å². The zero-order valence-electron chi connectivity index (χ0n) is 21.8. The first-order valence-electron chi connectivity index (χ1n) is 12.7. The van der Waals surface area contributed by atoms with Gasteiger partial charge in [-0.3, -0.25) is 14.9 Å². The largest absolute Gasteiger partial charge is 0.323 e. The molecule has 0 saturated carbocycles. The summed E-state index contributed by atoms with van der Waals surface area (Å²) in [5.41, 5.74) is 5.03. The van der Waals surface area contributed by atoms with Crippen LogP contribution in [-0.2, 0) is 0 Å². The summed E-state index contributed by atoms with van der Waals surface area (Å²) in [7, 11) is 0. The molecule has 6 aromatic rings. The lowest BCUT2D eigenvalue weighted by atomic mass is 10.1. The van der Waals surface area contributed by atoms with Crippen molar-refractivity contribution < 1.29 is 9.59 Å². The number of carbonyl (C=O) groups is 2. The number of rotatable bonds is 7. The summed E-state index contributed by atoms with van der Waals surface area (Å²) in [5.74, 6) is -0.312. The average molecular weight is 542 g/mol. The molecule has 2 heterocycles. The van der Waals surface area contributed by atoms with Crippen LogP contribution >= 0.6 is 0 Å². The molecule has 2 amide bonds. The molecule has 200 valence electrons. The molecule has 0 atom stereocenters. The van der Waals surface area contributed by atoms with E-state index in [1.165, 1.54) is 0 Å². The summed E-state index contributed by atoms with van der Waals surface area (Å²) < 4.78 is 0. The Morgan fingerprint density at radius 1 is 0.756 bits per heavy atom. The number of hydrogen-bond acceptors (Lipinski definition) is 8. The molecule has 4 N–H and O–H groups in total. The van der Waals surface area contributed by atoms with Crippen LogP contribution < -0.4 is 16.0 Å². The predicted molar refractivity (Wildman–Crippen MR) is 156 cm³/mol. The third-order valence-electron chi connectivity index (χ3n) is 6.39. The lowest BCUT2D eigenvalue weighted by Crippen LogP contribution is -2.17. The highest BCUT2D eigenvalue weighted by molar-refractivity contribution is 6.10. The van der Waals surface area contributed by atoms with Gasteiger partial charge in [-0.15, -0.1) is 0 Å². The Labute approximate surface area is 234 Å². The van der Waals surface area contributed by atoms with Crippen molar-refractivity contribution in [3.05, 3.63) is 114 Å². The van der Waals surface area contributed by atoms with E-state index in [2.05, 4.69) is 36.6 Å². The fourth-order valence-electron chi connectivity index (χ4n) is 4.34. The monoisotopic (exact) mass is 541 g/mol. The second-order valence-corrected chi connectivity index (χ2v) is 9.14. The van der Waals surface area contributed by atoms with Crippen LogP contribution in [0.3, 0.4) is 0 Å². The number of nitrogens with one attached hydrogen (secondary N) is 4. The van der Waals surface area contributed by atoms with Crippen molar-refractivity contribution in [2.75, 3.05) is 16.0 Å². The van der Waals surface area contributed by atoms with E-state index in [1.807, 2.05) is 67.6 Å². The smallest absolute Gasteiger partial charge is 0.258 e. The predicted octanol–water partition coefficient (Wildman–Crippen LogP) is 5.37.